The maximum Gasteiger partial charge on any atom is 0.175 e. The Hall–Kier alpha value is -1.79. The highest BCUT2D eigenvalue weighted by atomic mass is 35.5. The van der Waals surface area contributed by atoms with Crippen molar-refractivity contribution < 1.29 is 0 Å². The third kappa shape index (κ3) is 4.93. The third-order valence-electron chi connectivity index (χ3n) is 4.04. The van der Waals surface area contributed by atoms with Crippen LogP contribution >= 0.6 is 47.0 Å². The van der Waals surface area contributed by atoms with Crippen LogP contribution in [0.2, 0.25) is 15.1 Å². The van der Waals surface area contributed by atoms with Crippen LogP contribution in [-0.2, 0) is 6.54 Å². The van der Waals surface area contributed by atoms with Gasteiger partial charge < -0.3 is 10.6 Å². The number of nitrogens with zero attached hydrogens (tertiary/aromatic N) is 2. The van der Waals surface area contributed by atoms with E-state index in [9.17, 15) is 0 Å². The van der Waals surface area contributed by atoms with Gasteiger partial charge >= 0.3 is 0 Å². The zero-order chi connectivity index (χ0) is 19.6. The van der Waals surface area contributed by atoms with E-state index >= 15 is 0 Å². The maximum absolute atomic E-state index is 6.18. The summed E-state index contributed by atoms with van der Waals surface area (Å²) < 4.78 is 1.93. The van der Waals surface area contributed by atoms with Crippen LogP contribution in [0.25, 0.3) is 0 Å². The van der Waals surface area contributed by atoms with Crippen molar-refractivity contribution in [1.82, 2.24) is 9.78 Å². The summed E-state index contributed by atoms with van der Waals surface area (Å²) in [4.78, 5) is 0. The fourth-order valence-electron chi connectivity index (χ4n) is 2.65. The van der Waals surface area contributed by atoms with Crippen LogP contribution in [0, 0.1) is 13.8 Å². The molecule has 3 rings (SSSR count). The predicted molar refractivity (Wildman–Crippen MR) is 119 cm³/mol. The minimum absolute atomic E-state index is 0.427. The van der Waals surface area contributed by atoms with Gasteiger partial charge in [0.2, 0.25) is 0 Å². The van der Waals surface area contributed by atoms with Gasteiger partial charge in [-0.1, -0.05) is 46.9 Å². The van der Waals surface area contributed by atoms with Gasteiger partial charge in [0.05, 0.1) is 34.3 Å². The van der Waals surface area contributed by atoms with Gasteiger partial charge in [0.1, 0.15) is 0 Å². The molecule has 2 N–H and O–H groups in total. The summed E-state index contributed by atoms with van der Waals surface area (Å²) in [6, 6.07) is 12.9. The molecule has 0 aliphatic rings. The summed E-state index contributed by atoms with van der Waals surface area (Å²) in [6.45, 7) is 4.58. The normalized spacial score (nSPS) is 10.7. The molecule has 0 bridgehead atoms. The molecule has 0 atom stereocenters. The lowest BCUT2D eigenvalue weighted by molar-refractivity contribution is 0.659. The second-order valence-corrected chi connectivity index (χ2v) is 7.72. The van der Waals surface area contributed by atoms with Crippen molar-refractivity contribution in [2.24, 2.45) is 0 Å². The minimum Gasteiger partial charge on any atom is -0.331 e. The van der Waals surface area contributed by atoms with Crippen LogP contribution in [0.4, 0.5) is 11.4 Å². The molecule has 4 nitrogen and oxygen atoms in total. The first-order valence-electron chi connectivity index (χ1n) is 8.15. The van der Waals surface area contributed by atoms with Crippen molar-refractivity contribution in [3.05, 3.63) is 74.5 Å². The molecule has 0 aliphatic heterocycles. The van der Waals surface area contributed by atoms with Gasteiger partial charge in [-0.15, -0.1) is 0 Å². The quantitative estimate of drug-likeness (QED) is 0.467. The molecule has 0 fully saturated rings. The topological polar surface area (TPSA) is 41.9 Å². The summed E-state index contributed by atoms with van der Waals surface area (Å²) in [5.41, 5.74) is 4.50. The average molecular weight is 440 g/mol. The fourth-order valence-corrected chi connectivity index (χ4v) is 3.45. The smallest absolute Gasteiger partial charge is 0.175 e. The van der Waals surface area contributed by atoms with Gasteiger partial charge in [0.25, 0.3) is 0 Å². The second kappa shape index (κ2) is 8.48. The van der Waals surface area contributed by atoms with E-state index in [1.165, 1.54) is 0 Å². The van der Waals surface area contributed by atoms with E-state index in [4.69, 9.17) is 47.0 Å². The molecule has 0 spiro atoms. The molecule has 8 heteroatoms. The highest BCUT2D eigenvalue weighted by Gasteiger charge is 2.14. The Morgan fingerprint density at radius 2 is 1.67 bits per heavy atom. The zero-order valence-electron chi connectivity index (χ0n) is 14.7. The molecular formula is C19H17Cl3N4S. The van der Waals surface area contributed by atoms with Gasteiger partial charge in [-0.05, 0) is 62.0 Å². The molecule has 27 heavy (non-hydrogen) atoms. The Kier molecular flexibility index (Phi) is 6.27. The van der Waals surface area contributed by atoms with Crippen molar-refractivity contribution in [3.8, 4) is 0 Å². The number of rotatable bonds is 4. The molecule has 2 aromatic carbocycles. The van der Waals surface area contributed by atoms with Crippen molar-refractivity contribution in [2.75, 3.05) is 10.6 Å². The first kappa shape index (κ1) is 20.0. The monoisotopic (exact) mass is 438 g/mol. The Morgan fingerprint density at radius 1 is 1.00 bits per heavy atom. The van der Waals surface area contributed by atoms with Gasteiger partial charge in [0, 0.05) is 10.0 Å². The summed E-state index contributed by atoms with van der Waals surface area (Å²) in [5, 5.41) is 13.1. The number of thiocarbonyl (C=S) groups is 1. The Labute approximate surface area is 178 Å². The summed E-state index contributed by atoms with van der Waals surface area (Å²) in [6.07, 6.45) is 0. The summed E-state index contributed by atoms with van der Waals surface area (Å²) >= 11 is 23.5. The lowest BCUT2D eigenvalue weighted by atomic mass is 10.2. The van der Waals surface area contributed by atoms with E-state index in [1.807, 2.05) is 42.8 Å². The molecule has 140 valence electrons. The van der Waals surface area contributed by atoms with E-state index in [0.717, 1.165) is 22.6 Å². The molecule has 1 heterocycles. The van der Waals surface area contributed by atoms with Crippen molar-refractivity contribution in [3.63, 3.8) is 0 Å². The number of benzene rings is 2. The third-order valence-corrected chi connectivity index (χ3v) is 5.05. The van der Waals surface area contributed by atoms with Gasteiger partial charge in [0.15, 0.2) is 5.11 Å². The minimum atomic E-state index is 0.427. The first-order valence-corrected chi connectivity index (χ1v) is 9.69. The van der Waals surface area contributed by atoms with E-state index in [0.29, 0.717) is 32.4 Å². The number of nitrogens with one attached hydrogen (secondary N) is 2. The molecule has 0 aliphatic carbocycles. The fraction of sp³-hybridized carbons (Fsp3) is 0.158. The lowest BCUT2D eigenvalue weighted by Gasteiger charge is -2.12. The average Bonchev–Trinajstić information content (AvgIpc) is 2.87. The zero-order valence-corrected chi connectivity index (χ0v) is 17.8. The van der Waals surface area contributed by atoms with Gasteiger partial charge in [-0.3, -0.25) is 4.68 Å². The molecule has 1 aromatic heterocycles. The number of anilines is 2. The molecule has 3 aromatic rings. The van der Waals surface area contributed by atoms with Crippen molar-refractivity contribution >= 4 is 63.5 Å². The summed E-state index contributed by atoms with van der Waals surface area (Å²) in [7, 11) is 0. The SMILES string of the molecule is Cc1nn(Cc2ccc(Cl)cc2)c(C)c1NC(=S)Nc1ccc(Cl)cc1Cl. The van der Waals surface area contributed by atoms with Crippen LogP contribution in [0.3, 0.4) is 0 Å². The van der Waals surface area contributed by atoms with Crippen LogP contribution in [0.5, 0.6) is 0 Å². The van der Waals surface area contributed by atoms with Gasteiger partial charge in [-0.2, -0.15) is 5.10 Å². The molecule has 0 saturated carbocycles. The molecular weight excluding hydrogens is 423 g/mol. The Balaban J connectivity index is 1.74. The van der Waals surface area contributed by atoms with E-state index < -0.39 is 0 Å². The molecule has 0 unspecified atom stereocenters. The predicted octanol–water partition coefficient (Wildman–Crippen LogP) is 6.32. The van der Waals surface area contributed by atoms with Crippen LogP contribution < -0.4 is 10.6 Å². The maximum atomic E-state index is 6.18. The van der Waals surface area contributed by atoms with E-state index in [2.05, 4.69) is 15.7 Å². The summed E-state index contributed by atoms with van der Waals surface area (Å²) in [5.74, 6) is 0. The lowest BCUT2D eigenvalue weighted by Crippen LogP contribution is -2.20. The number of aromatic nitrogens is 2. The number of hydrogen-bond acceptors (Lipinski definition) is 2. The van der Waals surface area contributed by atoms with E-state index in [-0.39, 0.29) is 0 Å². The Morgan fingerprint density at radius 3 is 2.33 bits per heavy atom. The number of hydrogen-bond donors (Lipinski definition) is 2. The van der Waals surface area contributed by atoms with Crippen LogP contribution in [0.15, 0.2) is 42.5 Å². The molecule has 0 saturated heterocycles. The largest absolute Gasteiger partial charge is 0.331 e. The Bertz CT molecular complexity index is 983. The highest BCUT2D eigenvalue weighted by Crippen LogP contribution is 2.26. The second-order valence-electron chi connectivity index (χ2n) is 6.03. The highest BCUT2D eigenvalue weighted by molar-refractivity contribution is 7.80. The first-order chi connectivity index (χ1) is 12.8. The van der Waals surface area contributed by atoms with Crippen molar-refractivity contribution in [1.29, 1.82) is 0 Å². The van der Waals surface area contributed by atoms with Crippen molar-refractivity contribution in [2.45, 2.75) is 20.4 Å². The molecule has 0 radical (unpaired) electrons. The standard InChI is InChI=1S/C19H17Cl3N4S/c1-11-18(24-19(27)23-17-8-7-15(21)9-16(17)22)12(2)26(25-11)10-13-3-5-14(20)6-4-13/h3-9H,10H2,1-2H3,(H2,23,24,27). The number of halogens is 3. The van der Waals surface area contributed by atoms with Gasteiger partial charge in [-0.25, -0.2) is 0 Å². The molecule has 0 amide bonds. The number of aryl methyl sites for hydroxylation is 1. The van der Waals surface area contributed by atoms with E-state index in [1.54, 1.807) is 18.2 Å². The van der Waals surface area contributed by atoms with Crippen LogP contribution in [-0.4, -0.2) is 14.9 Å². The van der Waals surface area contributed by atoms with Crippen LogP contribution in [0.1, 0.15) is 17.0 Å².